The van der Waals surface area contributed by atoms with Crippen molar-refractivity contribution in [3.63, 3.8) is 0 Å². The molecule has 1 aromatic carbocycles. The van der Waals surface area contributed by atoms with Gasteiger partial charge in [0.2, 0.25) is 0 Å². The Labute approximate surface area is 96.6 Å². The molecular formula is C14H17FO. The highest BCUT2D eigenvalue weighted by molar-refractivity contribution is 5.37. The van der Waals surface area contributed by atoms with Gasteiger partial charge in [-0.2, -0.15) is 0 Å². The Morgan fingerprint density at radius 3 is 2.75 bits per heavy atom. The molecule has 16 heavy (non-hydrogen) atoms. The van der Waals surface area contributed by atoms with Gasteiger partial charge in [-0.15, -0.1) is 11.8 Å². The van der Waals surface area contributed by atoms with Gasteiger partial charge in [-0.25, -0.2) is 4.39 Å². The van der Waals surface area contributed by atoms with Crippen molar-refractivity contribution < 1.29 is 9.13 Å². The lowest BCUT2D eigenvalue weighted by atomic mass is 9.97. The van der Waals surface area contributed by atoms with Gasteiger partial charge in [0.25, 0.3) is 0 Å². The number of hydrogen-bond donors (Lipinski definition) is 0. The topological polar surface area (TPSA) is 9.23 Å². The van der Waals surface area contributed by atoms with Crippen molar-refractivity contribution >= 4 is 0 Å². The summed E-state index contributed by atoms with van der Waals surface area (Å²) < 4.78 is 18.4. The highest BCUT2D eigenvalue weighted by Crippen LogP contribution is 2.29. The van der Waals surface area contributed by atoms with Crippen LogP contribution in [0.5, 0.6) is 5.75 Å². The number of rotatable bonds is 3. The minimum atomic E-state index is -0.230. The van der Waals surface area contributed by atoms with Crippen molar-refractivity contribution in [2.45, 2.75) is 32.6 Å². The molecule has 1 nitrogen and oxygen atoms in total. The number of halogens is 1. The Balaban J connectivity index is 2.88. The molecule has 0 aromatic heterocycles. The van der Waals surface area contributed by atoms with Crippen molar-refractivity contribution in [2.24, 2.45) is 0 Å². The van der Waals surface area contributed by atoms with Crippen LogP contribution in [0.2, 0.25) is 0 Å². The zero-order chi connectivity index (χ0) is 12.0. The minimum Gasteiger partial charge on any atom is -0.496 e. The van der Waals surface area contributed by atoms with Gasteiger partial charge >= 0.3 is 0 Å². The third-order valence-corrected chi connectivity index (χ3v) is 2.43. The zero-order valence-electron chi connectivity index (χ0n) is 10.0. The zero-order valence-corrected chi connectivity index (χ0v) is 10.0. The SMILES string of the molecule is CCC#CCC(C)c1cc(F)ccc1OC. The van der Waals surface area contributed by atoms with E-state index >= 15 is 0 Å². The van der Waals surface area contributed by atoms with E-state index in [0.717, 1.165) is 24.2 Å². The predicted octanol–water partition coefficient (Wildman–Crippen LogP) is 3.74. The largest absolute Gasteiger partial charge is 0.496 e. The molecule has 0 saturated heterocycles. The third-order valence-electron chi connectivity index (χ3n) is 2.43. The number of benzene rings is 1. The summed E-state index contributed by atoms with van der Waals surface area (Å²) in [5.74, 6) is 6.78. The highest BCUT2D eigenvalue weighted by Gasteiger charge is 2.11. The van der Waals surface area contributed by atoms with Crippen LogP contribution in [0.25, 0.3) is 0 Å². The first kappa shape index (κ1) is 12.6. The van der Waals surface area contributed by atoms with Gasteiger partial charge in [-0.3, -0.25) is 0 Å². The summed E-state index contributed by atoms with van der Waals surface area (Å²) in [5, 5.41) is 0. The molecule has 0 aliphatic carbocycles. The normalized spacial score (nSPS) is 11.5. The van der Waals surface area contributed by atoms with Crippen LogP contribution in [0.15, 0.2) is 18.2 Å². The summed E-state index contributed by atoms with van der Waals surface area (Å²) in [6.07, 6.45) is 1.58. The van der Waals surface area contributed by atoms with Crippen LogP contribution >= 0.6 is 0 Å². The van der Waals surface area contributed by atoms with Gasteiger partial charge in [0.15, 0.2) is 0 Å². The molecule has 0 fully saturated rings. The maximum atomic E-state index is 13.1. The van der Waals surface area contributed by atoms with E-state index in [-0.39, 0.29) is 11.7 Å². The molecule has 1 atom stereocenters. The molecule has 0 amide bonds. The molecule has 0 radical (unpaired) electrons. The Kier molecular flexibility index (Phi) is 4.85. The van der Waals surface area contributed by atoms with E-state index in [1.807, 2.05) is 13.8 Å². The van der Waals surface area contributed by atoms with Crippen molar-refractivity contribution in [3.8, 4) is 17.6 Å². The minimum absolute atomic E-state index is 0.185. The van der Waals surface area contributed by atoms with E-state index in [1.165, 1.54) is 12.1 Å². The molecule has 0 aliphatic heterocycles. The first-order valence-electron chi connectivity index (χ1n) is 5.48. The van der Waals surface area contributed by atoms with Crippen LogP contribution in [0, 0.1) is 17.7 Å². The van der Waals surface area contributed by atoms with Gasteiger partial charge in [0.1, 0.15) is 11.6 Å². The van der Waals surface area contributed by atoms with Crippen LogP contribution in [-0.4, -0.2) is 7.11 Å². The quantitative estimate of drug-likeness (QED) is 0.705. The third kappa shape index (κ3) is 3.27. The lowest BCUT2D eigenvalue weighted by Crippen LogP contribution is -1.98. The average molecular weight is 220 g/mol. The van der Waals surface area contributed by atoms with Crippen molar-refractivity contribution in [1.82, 2.24) is 0 Å². The van der Waals surface area contributed by atoms with Gasteiger partial charge in [0.05, 0.1) is 7.11 Å². The Bertz CT molecular complexity index is 401. The fraction of sp³-hybridized carbons (Fsp3) is 0.429. The summed E-state index contributed by atoms with van der Waals surface area (Å²) in [4.78, 5) is 0. The molecule has 86 valence electrons. The molecule has 0 spiro atoms. The molecule has 2 heteroatoms. The predicted molar refractivity (Wildman–Crippen MR) is 64.1 cm³/mol. The van der Waals surface area contributed by atoms with Crippen LogP contribution in [0.4, 0.5) is 4.39 Å². The molecule has 0 heterocycles. The molecule has 0 N–H and O–H groups in total. The fourth-order valence-electron chi connectivity index (χ4n) is 1.55. The van der Waals surface area contributed by atoms with E-state index in [2.05, 4.69) is 11.8 Å². The highest BCUT2D eigenvalue weighted by atomic mass is 19.1. The summed E-state index contributed by atoms with van der Waals surface area (Å²) in [6, 6.07) is 4.60. The number of methoxy groups -OCH3 is 1. The Hall–Kier alpha value is -1.49. The van der Waals surface area contributed by atoms with Crippen LogP contribution in [0.3, 0.4) is 0 Å². The maximum Gasteiger partial charge on any atom is 0.123 e. The monoisotopic (exact) mass is 220 g/mol. The average Bonchev–Trinajstić information content (AvgIpc) is 2.29. The van der Waals surface area contributed by atoms with E-state index in [1.54, 1.807) is 13.2 Å². The van der Waals surface area contributed by atoms with Crippen molar-refractivity contribution in [3.05, 3.63) is 29.6 Å². The second kappa shape index (κ2) is 6.17. The summed E-state index contributed by atoms with van der Waals surface area (Å²) in [5.41, 5.74) is 0.882. The van der Waals surface area contributed by atoms with Gasteiger partial charge < -0.3 is 4.74 Å². The smallest absolute Gasteiger partial charge is 0.123 e. The van der Waals surface area contributed by atoms with Gasteiger partial charge in [-0.1, -0.05) is 13.8 Å². The first-order valence-corrected chi connectivity index (χ1v) is 5.48. The Morgan fingerprint density at radius 1 is 1.38 bits per heavy atom. The molecule has 0 bridgehead atoms. The molecule has 1 aromatic rings. The maximum absolute atomic E-state index is 13.1. The lowest BCUT2D eigenvalue weighted by Gasteiger charge is -2.13. The number of ether oxygens (including phenoxy) is 1. The molecule has 0 saturated carbocycles. The van der Waals surface area contributed by atoms with Crippen molar-refractivity contribution in [1.29, 1.82) is 0 Å². The van der Waals surface area contributed by atoms with Crippen LogP contribution < -0.4 is 4.74 Å². The van der Waals surface area contributed by atoms with Crippen LogP contribution in [-0.2, 0) is 0 Å². The molecule has 1 unspecified atom stereocenters. The second-order valence-electron chi connectivity index (χ2n) is 3.70. The standard InChI is InChI=1S/C14H17FO/c1-4-5-6-7-11(2)13-10-12(15)8-9-14(13)16-3/h8-11H,4,7H2,1-3H3. The Morgan fingerprint density at radius 2 is 2.12 bits per heavy atom. The molecule has 0 aliphatic rings. The van der Waals surface area contributed by atoms with E-state index < -0.39 is 0 Å². The molecular weight excluding hydrogens is 203 g/mol. The second-order valence-corrected chi connectivity index (χ2v) is 3.70. The van der Waals surface area contributed by atoms with E-state index in [0.29, 0.717) is 0 Å². The van der Waals surface area contributed by atoms with Crippen LogP contribution in [0.1, 0.15) is 38.2 Å². The molecule has 1 rings (SSSR count). The summed E-state index contributed by atoms with van der Waals surface area (Å²) in [7, 11) is 1.60. The lowest BCUT2D eigenvalue weighted by molar-refractivity contribution is 0.405. The summed E-state index contributed by atoms with van der Waals surface area (Å²) >= 11 is 0. The van der Waals surface area contributed by atoms with Crippen molar-refractivity contribution in [2.75, 3.05) is 7.11 Å². The summed E-state index contributed by atoms with van der Waals surface area (Å²) in [6.45, 7) is 4.04. The van der Waals surface area contributed by atoms with Gasteiger partial charge in [-0.05, 0) is 24.1 Å². The fourth-order valence-corrected chi connectivity index (χ4v) is 1.55. The van der Waals surface area contributed by atoms with E-state index in [4.69, 9.17) is 4.74 Å². The van der Waals surface area contributed by atoms with Gasteiger partial charge in [0, 0.05) is 18.4 Å². The first-order chi connectivity index (χ1) is 7.69. The number of hydrogen-bond acceptors (Lipinski definition) is 1. The van der Waals surface area contributed by atoms with E-state index in [9.17, 15) is 4.39 Å².